The van der Waals surface area contributed by atoms with Crippen molar-refractivity contribution >= 4 is 35.2 Å². The van der Waals surface area contributed by atoms with Gasteiger partial charge in [0.15, 0.2) is 0 Å². The molecule has 3 rings (SSSR count). The molecule has 28 heavy (non-hydrogen) atoms. The van der Waals surface area contributed by atoms with Crippen molar-refractivity contribution in [3.63, 3.8) is 0 Å². The van der Waals surface area contributed by atoms with E-state index in [0.717, 1.165) is 5.56 Å². The molecule has 0 spiro atoms. The standard InChI is InChI=1S/C21H22ClFN2O2S/c1-14(2)24(20(27)15-7-9-16(23)10-8-15)11-12-25-19(26)13-28-21(25)17-5-3-4-6-18(17)22/h3-10,14,21H,11-13H2,1-2H3. The Bertz CT molecular complexity index is 860. The summed E-state index contributed by atoms with van der Waals surface area (Å²) in [6.45, 7) is 4.65. The van der Waals surface area contributed by atoms with Crippen LogP contribution in [0.3, 0.4) is 0 Å². The van der Waals surface area contributed by atoms with Gasteiger partial charge in [-0.3, -0.25) is 9.59 Å². The van der Waals surface area contributed by atoms with Gasteiger partial charge in [-0.2, -0.15) is 0 Å². The molecule has 1 aliphatic rings. The summed E-state index contributed by atoms with van der Waals surface area (Å²) in [6.07, 6.45) is 0. The van der Waals surface area contributed by atoms with Crippen LogP contribution in [0.4, 0.5) is 4.39 Å². The van der Waals surface area contributed by atoms with E-state index in [2.05, 4.69) is 0 Å². The van der Waals surface area contributed by atoms with Crippen LogP contribution in [0.2, 0.25) is 5.02 Å². The number of rotatable bonds is 6. The molecule has 1 saturated heterocycles. The molecule has 4 nitrogen and oxygen atoms in total. The van der Waals surface area contributed by atoms with Gasteiger partial charge in [-0.15, -0.1) is 11.8 Å². The molecule has 1 unspecified atom stereocenters. The van der Waals surface area contributed by atoms with E-state index in [-0.39, 0.29) is 29.0 Å². The van der Waals surface area contributed by atoms with E-state index in [1.54, 1.807) is 9.80 Å². The van der Waals surface area contributed by atoms with Crippen LogP contribution in [0.25, 0.3) is 0 Å². The molecule has 1 heterocycles. The minimum atomic E-state index is -0.380. The highest BCUT2D eigenvalue weighted by molar-refractivity contribution is 8.00. The second kappa shape index (κ2) is 8.97. The first-order valence-corrected chi connectivity index (χ1v) is 10.5. The van der Waals surface area contributed by atoms with Crippen LogP contribution in [-0.4, -0.2) is 46.5 Å². The van der Waals surface area contributed by atoms with Gasteiger partial charge < -0.3 is 9.80 Å². The van der Waals surface area contributed by atoms with Gasteiger partial charge in [0.05, 0.1) is 5.75 Å². The Hall–Kier alpha value is -2.05. The van der Waals surface area contributed by atoms with E-state index >= 15 is 0 Å². The van der Waals surface area contributed by atoms with Crippen molar-refractivity contribution in [1.29, 1.82) is 0 Å². The number of hydrogen-bond acceptors (Lipinski definition) is 3. The molecule has 0 bridgehead atoms. The summed E-state index contributed by atoms with van der Waals surface area (Å²) in [7, 11) is 0. The monoisotopic (exact) mass is 420 g/mol. The molecule has 2 amide bonds. The van der Waals surface area contributed by atoms with Crippen molar-refractivity contribution in [3.8, 4) is 0 Å². The summed E-state index contributed by atoms with van der Waals surface area (Å²) < 4.78 is 13.2. The molecule has 0 N–H and O–H groups in total. The highest BCUT2D eigenvalue weighted by Crippen LogP contribution is 2.41. The molecule has 0 saturated carbocycles. The van der Waals surface area contributed by atoms with Crippen molar-refractivity contribution < 1.29 is 14.0 Å². The third-order valence-electron chi connectivity index (χ3n) is 4.70. The van der Waals surface area contributed by atoms with Crippen LogP contribution in [0, 0.1) is 5.82 Å². The molecule has 1 atom stereocenters. The van der Waals surface area contributed by atoms with Gasteiger partial charge in [-0.05, 0) is 44.2 Å². The van der Waals surface area contributed by atoms with E-state index in [0.29, 0.717) is 29.4 Å². The average molecular weight is 421 g/mol. The second-order valence-corrected chi connectivity index (χ2v) is 8.35. The molecule has 7 heteroatoms. The normalized spacial score (nSPS) is 16.7. The van der Waals surface area contributed by atoms with Gasteiger partial charge in [0.2, 0.25) is 5.91 Å². The van der Waals surface area contributed by atoms with Crippen molar-refractivity contribution in [2.75, 3.05) is 18.8 Å². The van der Waals surface area contributed by atoms with E-state index in [4.69, 9.17) is 11.6 Å². The highest BCUT2D eigenvalue weighted by Gasteiger charge is 2.34. The van der Waals surface area contributed by atoms with Crippen molar-refractivity contribution in [2.24, 2.45) is 0 Å². The maximum Gasteiger partial charge on any atom is 0.254 e. The molecule has 1 aliphatic heterocycles. The van der Waals surface area contributed by atoms with Gasteiger partial charge in [-0.25, -0.2) is 4.39 Å². The van der Waals surface area contributed by atoms with Crippen molar-refractivity contribution in [3.05, 3.63) is 70.5 Å². The van der Waals surface area contributed by atoms with Crippen LogP contribution in [0.15, 0.2) is 48.5 Å². The van der Waals surface area contributed by atoms with Gasteiger partial charge in [0.1, 0.15) is 11.2 Å². The lowest BCUT2D eigenvalue weighted by Gasteiger charge is -2.31. The fraction of sp³-hybridized carbons (Fsp3) is 0.333. The third-order valence-corrected chi connectivity index (χ3v) is 6.28. The lowest BCUT2D eigenvalue weighted by molar-refractivity contribution is -0.128. The fourth-order valence-corrected chi connectivity index (χ4v) is 4.75. The summed E-state index contributed by atoms with van der Waals surface area (Å²) in [5.41, 5.74) is 1.33. The first kappa shape index (κ1) is 20.7. The quantitative estimate of drug-likeness (QED) is 0.685. The molecule has 0 radical (unpaired) electrons. The molecule has 2 aromatic carbocycles. The number of nitrogens with zero attached hydrogens (tertiary/aromatic N) is 2. The lowest BCUT2D eigenvalue weighted by atomic mass is 10.1. The van der Waals surface area contributed by atoms with Gasteiger partial charge in [0, 0.05) is 35.3 Å². The number of benzene rings is 2. The molecular weight excluding hydrogens is 399 g/mol. The largest absolute Gasteiger partial charge is 0.334 e. The number of amides is 2. The fourth-order valence-electron chi connectivity index (χ4n) is 3.20. The highest BCUT2D eigenvalue weighted by atomic mass is 35.5. The second-order valence-electron chi connectivity index (χ2n) is 6.87. The number of hydrogen-bond donors (Lipinski definition) is 0. The van der Waals surface area contributed by atoms with Crippen LogP contribution in [0.1, 0.15) is 35.1 Å². The predicted octanol–water partition coefficient (Wildman–Crippen LogP) is 4.60. The van der Waals surface area contributed by atoms with E-state index in [1.807, 2.05) is 38.1 Å². The number of carbonyl (C=O) groups excluding carboxylic acids is 2. The predicted molar refractivity (Wildman–Crippen MR) is 111 cm³/mol. The van der Waals surface area contributed by atoms with Crippen LogP contribution in [-0.2, 0) is 4.79 Å². The van der Waals surface area contributed by atoms with E-state index < -0.39 is 0 Å². The molecule has 148 valence electrons. The Balaban J connectivity index is 1.75. The molecule has 0 aromatic heterocycles. The Morgan fingerprint density at radius 1 is 1.25 bits per heavy atom. The Labute approximate surface area is 173 Å². The number of carbonyl (C=O) groups is 2. The van der Waals surface area contributed by atoms with Crippen LogP contribution < -0.4 is 0 Å². The molecule has 0 aliphatic carbocycles. The smallest absolute Gasteiger partial charge is 0.254 e. The Morgan fingerprint density at radius 2 is 1.93 bits per heavy atom. The maximum absolute atomic E-state index is 13.2. The minimum Gasteiger partial charge on any atom is -0.334 e. The van der Waals surface area contributed by atoms with Crippen LogP contribution in [0.5, 0.6) is 0 Å². The Kier molecular flexibility index (Phi) is 6.62. The lowest BCUT2D eigenvalue weighted by Crippen LogP contribution is -2.43. The first-order chi connectivity index (χ1) is 13.4. The van der Waals surface area contributed by atoms with Crippen molar-refractivity contribution in [1.82, 2.24) is 9.80 Å². The summed E-state index contributed by atoms with van der Waals surface area (Å²) in [5.74, 6) is -0.130. The molecule has 1 fully saturated rings. The summed E-state index contributed by atoms with van der Waals surface area (Å²) in [6, 6.07) is 13.0. The third kappa shape index (κ3) is 4.50. The molecular formula is C21H22ClFN2O2S. The molecule has 2 aromatic rings. The summed E-state index contributed by atoms with van der Waals surface area (Å²) >= 11 is 7.87. The van der Waals surface area contributed by atoms with Gasteiger partial charge >= 0.3 is 0 Å². The zero-order chi connectivity index (χ0) is 20.3. The minimum absolute atomic E-state index is 0.0351. The zero-order valence-electron chi connectivity index (χ0n) is 15.8. The Morgan fingerprint density at radius 3 is 2.57 bits per heavy atom. The van der Waals surface area contributed by atoms with Gasteiger partial charge in [-0.1, -0.05) is 29.8 Å². The van der Waals surface area contributed by atoms with Crippen LogP contribution >= 0.6 is 23.4 Å². The topological polar surface area (TPSA) is 40.6 Å². The van der Waals surface area contributed by atoms with E-state index in [9.17, 15) is 14.0 Å². The maximum atomic E-state index is 13.2. The van der Waals surface area contributed by atoms with Gasteiger partial charge in [0.25, 0.3) is 5.91 Å². The SMILES string of the molecule is CC(C)N(CCN1C(=O)CSC1c1ccccc1Cl)C(=O)c1ccc(F)cc1. The summed E-state index contributed by atoms with van der Waals surface area (Å²) in [5, 5.41) is 0.471. The zero-order valence-corrected chi connectivity index (χ0v) is 17.3. The summed E-state index contributed by atoms with van der Waals surface area (Å²) in [4.78, 5) is 28.8. The van der Waals surface area contributed by atoms with Crippen molar-refractivity contribution in [2.45, 2.75) is 25.3 Å². The number of halogens is 2. The van der Waals surface area contributed by atoms with E-state index in [1.165, 1.54) is 36.0 Å². The average Bonchev–Trinajstić information content (AvgIpc) is 3.03. The first-order valence-electron chi connectivity index (χ1n) is 9.10. The number of thioether (sulfide) groups is 1.